The maximum absolute atomic E-state index is 12.2. The first-order valence-electron chi connectivity index (χ1n) is 5.26. The van der Waals surface area contributed by atoms with Crippen molar-refractivity contribution in [2.75, 3.05) is 11.9 Å². The first-order valence-corrected chi connectivity index (χ1v) is 5.64. The van der Waals surface area contributed by atoms with Crippen molar-refractivity contribution in [3.05, 3.63) is 53.3 Å². The topological polar surface area (TPSA) is 53.4 Å². The number of halogens is 1. The van der Waals surface area contributed by atoms with Gasteiger partial charge in [-0.25, -0.2) is 0 Å². The quantitative estimate of drug-likeness (QED) is 0.905. The number of rotatable bonds is 2. The molecule has 0 aliphatic rings. The van der Waals surface area contributed by atoms with E-state index in [2.05, 4.69) is 4.98 Å². The van der Waals surface area contributed by atoms with E-state index in [1.54, 1.807) is 31.3 Å². The number of anilines is 1. The van der Waals surface area contributed by atoms with Crippen LogP contribution < -0.4 is 4.90 Å². The molecule has 92 valence electrons. The van der Waals surface area contributed by atoms with Gasteiger partial charge in [-0.3, -0.25) is 9.78 Å². The smallest absolute Gasteiger partial charge is 0.261 e. The molecule has 0 spiro atoms. The number of aromatic hydroxyl groups is 1. The molecule has 0 saturated carbocycles. The second-order valence-electron chi connectivity index (χ2n) is 3.74. The van der Waals surface area contributed by atoms with Gasteiger partial charge in [-0.15, -0.1) is 0 Å². The molecule has 0 bridgehead atoms. The summed E-state index contributed by atoms with van der Waals surface area (Å²) in [7, 11) is 1.61. The standard InChI is InChI=1S/C13H11ClN2O2/c1-16(9-3-2-4-10(17)7-9)13(18)11-8-15-6-5-12(11)14/h2-8,17H,1H3. The highest BCUT2D eigenvalue weighted by molar-refractivity contribution is 6.34. The van der Waals surface area contributed by atoms with Crippen molar-refractivity contribution in [3.8, 4) is 5.75 Å². The summed E-state index contributed by atoms with van der Waals surface area (Å²) in [6.07, 6.45) is 2.94. The summed E-state index contributed by atoms with van der Waals surface area (Å²) >= 11 is 5.95. The van der Waals surface area contributed by atoms with Gasteiger partial charge in [0.05, 0.1) is 10.6 Å². The van der Waals surface area contributed by atoms with Crippen molar-refractivity contribution in [1.29, 1.82) is 0 Å². The van der Waals surface area contributed by atoms with E-state index in [0.717, 1.165) is 0 Å². The van der Waals surface area contributed by atoms with E-state index in [1.165, 1.54) is 23.4 Å². The highest BCUT2D eigenvalue weighted by atomic mass is 35.5. The van der Waals surface area contributed by atoms with Crippen molar-refractivity contribution < 1.29 is 9.90 Å². The van der Waals surface area contributed by atoms with E-state index in [0.29, 0.717) is 16.3 Å². The maximum atomic E-state index is 12.2. The van der Waals surface area contributed by atoms with Crippen LogP contribution in [0.3, 0.4) is 0 Å². The van der Waals surface area contributed by atoms with Gasteiger partial charge in [0.1, 0.15) is 5.75 Å². The number of hydrogen-bond acceptors (Lipinski definition) is 3. The van der Waals surface area contributed by atoms with Crippen molar-refractivity contribution in [1.82, 2.24) is 4.98 Å². The minimum Gasteiger partial charge on any atom is -0.508 e. The van der Waals surface area contributed by atoms with Crippen LogP contribution in [0.2, 0.25) is 5.02 Å². The van der Waals surface area contributed by atoms with Gasteiger partial charge in [0.2, 0.25) is 0 Å². The summed E-state index contributed by atoms with van der Waals surface area (Å²) in [6, 6.07) is 7.99. The highest BCUT2D eigenvalue weighted by Gasteiger charge is 2.16. The zero-order valence-electron chi connectivity index (χ0n) is 9.67. The van der Waals surface area contributed by atoms with Crippen molar-refractivity contribution >= 4 is 23.2 Å². The van der Waals surface area contributed by atoms with Crippen LogP contribution in [0.4, 0.5) is 5.69 Å². The number of carbonyl (C=O) groups excluding carboxylic acids is 1. The number of pyridine rings is 1. The van der Waals surface area contributed by atoms with Crippen molar-refractivity contribution in [3.63, 3.8) is 0 Å². The molecule has 1 aromatic carbocycles. The Hall–Kier alpha value is -2.07. The highest BCUT2D eigenvalue weighted by Crippen LogP contribution is 2.22. The van der Waals surface area contributed by atoms with Gasteiger partial charge >= 0.3 is 0 Å². The summed E-state index contributed by atoms with van der Waals surface area (Å²) < 4.78 is 0. The van der Waals surface area contributed by atoms with Gasteiger partial charge in [-0.2, -0.15) is 0 Å². The van der Waals surface area contributed by atoms with Gasteiger partial charge in [-0.05, 0) is 18.2 Å². The predicted octanol–water partition coefficient (Wildman–Crippen LogP) is 2.72. The Bertz CT molecular complexity index is 587. The average Bonchev–Trinajstić information content (AvgIpc) is 2.37. The average molecular weight is 263 g/mol. The molecule has 0 atom stereocenters. The van der Waals surface area contributed by atoms with E-state index in [-0.39, 0.29) is 11.7 Å². The third-order valence-corrected chi connectivity index (χ3v) is 2.85. The second kappa shape index (κ2) is 5.06. The van der Waals surface area contributed by atoms with Crippen molar-refractivity contribution in [2.45, 2.75) is 0 Å². The monoisotopic (exact) mass is 262 g/mol. The fourth-order valence-electron chi connectivity index (χ4n) is 1.53. The molecular weight excluding hydrogens is 252 g/mol. The number of hydrogen-bond donors (Lipinski definition) is 1. The van der Waals surface area contributed by atoms with E-state index in [1.807, 2.05) is 0 Å². The lowest BCUT2D eigenvalue weighted by molar-refractivity contribution is 0.0993. The molecule has 18 heavy (non-hydrogen) atoms. The number of carbonyl (C=O) groups is 1. The Kier molecular flexibility index (Phi) is 3.48. The molecule has 0 unspecified atom stereocenters. The minimum atomic E-state index is -0.279. The van der Waals surface area contributed by atoms with E-state index >= 15 is 0 Å². The fourth-order valence-corrected chi connectivity index (χ4v) is 1.72. The van der Waals surface area contributed by atoms with Crippen LogP contribution in [0.15, 0.2) is 42.7 Å². The van der Waals surface area contributed by atoms with E-state index in [4.69, 9.17) is 11.6 Å². The Labute approximate surface area is 109 Å². The number of nitrogens with zero attached hydrogens (tertiary/aromatic N) is 2. The van der Waals surface area contributed by atoms with Gasteiger partial charge in [0.25, 0.3) is 5.91 Å². The molecule has 1 amide bonds. The zero-order chi connectivity index (χ0) is 13.1. The van der Waals surface area contributed by atoms with Gasteiger partial charge in [0.15, 0.2) is 0 Å². The first-order chi connectivity index (χ1) is 8.59. The lowest BCUT2D eigenvalue weighted by Gasteiger charge is -2.17. The first kappa shape index (κ1) is 12.4. The molecule has 1 N–H and O–H groups in total. The Morgan fingerprint density at radius 1 is 1.39 bits per heavy atom. The normalized spacial score (nSPS) is 10.1. The molecule has 0 saturated heterocycles. The Morgan fingerprint density at radius 3 is 2.83 bits per heavy atom. The zero-order valence-corrected chi connectivity index (χ0v) is 10.4. The number of phenols is 1. The van der Waals surface area contributed by atoms with Gasteiger partial charge in [-0.1, -0.05) is 17.7 Å². The molecule has 1 heterocycles. The summed E-state index contributed by atoms with van der Waals surface area (Å²) in [5, 5.41) is 9.74. The summed E-state index contributed by atoms with van der Waals surface area (Å²) in [5.41, 5.74) is 0.907. The molecule has 5 heteroatoms. The summed E-state index contributed by atoms with van der Waals surface area (Å²) in [4.78, 5) is 17.5. The SMILES string of the molecule is CN(C(=O)c1cnccc1Cl)c1cccc(O)c1. The molecule has 0 fully saturated rings. The van der Waals surface area contributed by atoms with Gasteiger partial charge < -0.3 is 10.0 Å². The third-order valence-electron chi connectivity index (χ3n) is 2.52. The van der Waals surface area contributed by atoms with Crippen LogP contribution in [0.5, 0.6) is 5.75 Å². The van der Waals surface area contributed by atoms with Crippen LogP contribution in [0.25, 0.3) is 0 Å². The lowest BCUT2D eigenvalue weighted by atomic mass is 10.2. The third kappa shape index (κ3) is 2.43. The summed E-state index contributed by atoms with van der Waals surface area (Å²) in [5.74, 6) is -0.178. The molecular formula is C13H11ClN2O2. The lowest BCUT2D eigenvalue weighted by Crippen LogP contribution is -2.26. The summed E-state index contributed by atoms with van der Waals surface area (Å²) in [6.45, 7) is 0. The molecule has 2 aromatic rings. The predicted molar refractivity (Wildman–Crippen MR) is 70.1 cm³/mol. The number of phenolic OH excluding ortho intramolecular Hbond substituents is 1. The maximum Gasteiger partial charge on any atom is 0.261 e. The second-order valence-corrected chi connectivity index (χ2v) is 4.15. The number of aromatic nitrogens is 1. The number of benzene rings is 1. The van der Waals surface area contributed by atoms with Crippen LogP contribution in [-0.4, -0.2) is 23.0 Å². The molecule has 0 aliphatic carbocycles. The van der Waals surface area contributed by atoms with E-state index in [9.17, 15) is 9.90 Å². The minimum absolute atomic E-state index is 0.101. The molecule has 0 radical (unpaired) electrons. The molecule has 1 aromatic heterocycles. The molecule has 2 rings (SSSR count). The van der Waals surface area contributed by atoms with Crippen LogP contribution >= 0.6 is 11.6 Å². The fraction of sp³-hybridized carbons (Fsp3) is 0.0769. The van der Waals surface area contributed by atoms with Crippen LogP contribution in [0, 0.1) is 0 Å². The van der Waals surface area contributed by atoms with Crippen LogP contribution in [0.1, 0.15) is 10.4 Å². The largest absolute Gasteiger partial charge is 0.508 e. The molecule has 0 aliphatic heterocycles. The van der Waals surface area contributed by atoms with E-state index < -0.39 is 0 Å². The Morgan fingerprint density at radius 2 is 2.17 bits per heavy atom. The Balaban J connectivity index is 2.32. The van der Waals surface area contributed by atoms with Crippen molar-refractivity contribution in [2.24, 2.45) is 0 Å². The van der Waals surface area contributed by atoms with Gasteiger partial charge in [0, 0.05) is 31.2 Å². The van der Waals surface area contributed by atoms with Crippen LogP contribution in [-0.2, 0) is 0 Å². The molecule has 4 nitrogen and oxygen atoms in total. The number of amides is 1.